The Hall–Kier alpha value is -1.90. The second-order valence-corrected chi connectivity index (χ2v) is 12.8. The topological polar surface area (TPSA) is 143 Å². The maximum absolute atomic E-state index is 12.8. The molecule has 6 heterocycles. The summed E-state index contributed by atoms with van der Waals surface area (Å²) in [4.78, 5) is 30.0. The Morgan fingerprint density at radius 2 is 1.98 bits per heavy atom. The Morgan fingerprint density at radius 1 is 1.26 bits per heavy atom. The van der Waals surface area contributed by atoms with Crippen molar-refractivity contribution in [3.8, 4) is 0 Å². The number of amides is 1. The standard InChI is InChI=1S/C28H37ClN8O3S.2ClH/c1-16-27(35-20(14-38)24(32-16)36-11-6-28(7-12-36)15-40-17(2)23(28)30)41-21-5-10-37-13-19(34-25(37)22(21)29)26(39)33-18-3-8-31-9-4-18;;/h5,10,13,17-18,23,31,38H,3-4,6-9,11-12,14-15,30H2,1-2H3,(H,33,39);2*1H/t17-,23+;;/m0../s1. The Bertz CT molecular complexity index is 1450. The van der Waals surface area contributed by atoms with Crippen molar-refractivity contribution in [1.29, 1.82) is 0 Å². The number of fused-ring (bicyclic) bond motifs is 1. The van der Waals surface area contributed by atoms with Gasteiger partial charge < -0.3 is 35.5 Å². The van der Waals surface area contributed by atoms with Crippen molar-refractivity contribution < 1.29 is 14.6 Å². The van der Waals surface area contributed by atoms with Gasteiger partial charge in [0.25, 0.3) is 5.91 Å². The van der Waals surface area contributed by atoms with Gasteiger partial charge in [-0.1, -0.05) is 23.4 Å². The SMILES string of the molecule is Cc1nc(N2CCC3(CC2)CO[C@@H](C)[C@H]3N)c(CO)nc1Sc1ccn2cc(C(=O)NC3CCNCC3)nc2c1Cl.Cl.Cl. The number of rotatable bonds is 6. The molecule has 0 bridgehead atoms. The Balaban J connectivity index is 0.00000212. The van der Waals surface area contributed by atoms with E-state index in [-0.39, 0.29) is 60.9 Å². The van der Waals surface area contributed by atoms with Gasteiger partial charge in [-0.05, 0) is 58.7 Å². The number of imidazole rings is 1. The molecule has 3 aliphatic heterocycles. The fourth-order valence-corrected chi connectivity index (χ4v) is 7.32. The van der Waals surface area contributed by atoms with Crippen molar-refractivity contribution in [3.05, 3.63) is 40.6 Å². The molecule has 3 aromatic rings. The minimum Gasteiger partial charge on any atom is -0.390 e. The van der Waals surface area contributed by atoms with Gasteiger partial charge in [-0.2, -0.15) is 0 Å². The largest absolute Gasteiger partial charge is 0.390 e. The molecule has 15 heteroatoms. The van der Waals surface area contributed by atoms with E-state index in [1.807, 2.05) is 26.1 Å². The van der Waals surface area contributed by atoms with E-state index in [4.69, 9.17) is 32.0 Å². The van der Waals surface area contributed by atoms with Crippen LogP contribution in [0.1, 0.15) is 54.5 Å². The predicted molar refractivity (Wildman–Crippen MR) is 172 cm³/mol. The average molecular weight is 674 g/mol. The van der Waals surface area contributed by atoms with Crippen LogP contribution < -0.4 is 21.3 Å². The van der Waals surface area contributed by atoms with Crippen LogP contribution >= 0.6 is 48.2 Å². The van der Waals surface area contributed by atoms with Crippen LogP contribution in [0.2, 0.25) is 5.02 Å². The number of carbonyl (C=O) groups is 1. The average Bonchev–Trinajstić information content (AvgIpc) is 3.54. The van der Waals surface area contributed by atoms with Crippen molar-refractivity contribution in [2.45, 2.75) is 74.2 Å². The van der Waals surface area contributed by atoms with Crippen molar-refractivity contribution >= 4 is 65.5 Å². The first-order valence-corrected chi connectivity index (χ1v) is 15.4. The number of aromatic nitrogens is 4. The smallest absolute Gasteiger partial charge is 0.271 e. The number of aliphatic hydroxyl groups excluding tert-OH is 1. The molecule has 3 aliphatic rings. The number of anilines is 1. The third-order valence-electron chi connectivity index (χ3n) is 8.78. The number of hydrogen-bond donors (Lipinski definition) is 4. The molecule has 2 atom stereocenters. The van der Waals surface area contributed by atoms with E-state index in [1.54, 1.807) is 10.6 Å². The molecule has 0 unspecified atom stereocenters. The number of nitrogens with zero attached hydrogens (tertiary/aromatic N) is 5. The first-order valence-electron chi connectivity index (χ1n) is 14.2. The highest BCUT2D eigenvalue weighted by Crippen LogP contribution is 2.42. The highest BCUT2D eigenvalue weighted by atomic mass is 35.5. The summed E-state index contributed by atoms with van der Waals surface area (Å²) in [5, 5.41) is 17.7. The fraction of sp³-hybridized carbons (Fsp3) is 0.571. The van der Waals surface area contributed by atoms with Crippen LogP contribution in [0.15, 0.2) is 28.4 Å². The molecule has 43 heavy (non-hydrogen) atoms. The molecule has 236 valence electrons. The zero-order valence-corrected chi connectivity index (χ0v) is 27.4. The Kier molecular flexibility index (Phi) is 11.1. The lowest BCUT2D eigenvalue weighted by Gasteiger charge is -2.42. The summed E-state index contributed by atoms with van der Waals surface area (Å²) in [7, 11) is 0. The van der Waals surface area contributed by atoms with E-state index in [9.17, 15) is 9.90 Å². The molecule has 5 N–H and O–H groups in total. The molecule has 6 rings (SSSR count). The van der Waals surface area contributed by atoms with Crippen molar-refractivity contribution in [1.82, 2.24) is 30.0 Å². The van der Waals surface area contributed by atoms with Gasteiger partial charge in [0.1, 0.15) is 16.4 Å². The summed E-state index contributed by atoms with van der Waals surface area (Å²) in [6, 6.07) is 2.05. The molecule has 1 spiro atoms. The highest BCUT2D eigenvalue weighted by Gasteiger charge is 2.47. The minimum absolute atomic E-state index is 0. The molecule has 3 saturated heterocycles. The molecule has 0 saturated carbocycles. The monoisotopic (exact) mass is 672 g/mol. The van der Waals surface area contributed by atoms with Crippen LogP contribution in [0.4, 0.5) is 5.82 Å². The minimum atomic E-state index is -0.222. The van der Waals surface area contributed by atoms with E-state index < -0.39 is 0 Å². The van der Waals surface area contributed by atoms with Crippen LogP contribution in [0, 0.1) is 12.3 Å². The zero-order chi connectivity index (χ0) is 28.7. The van der Waals surface area contributed by atoms with Gasteiger partial charge in [0.2, 0.25) is 0 Å². The number of hydrogen-bond acceptors (Lipinski definition) is 10. The van der Waals surface area contributed by atoms with E-state index >= 15 is 0 Å². The molecule has 0 aliphatic carbocycles. The van der Waals surface area contributed by atoms with Gasteiger partial charge in [-0.3, -0.25) is 4.79 Å². The fourth-order valence-electron chi connectivity index (χ4n) is 6.14. The lowest BCUT2D eigenvalue weighted by atomic mass is 9.73. The molecular weight excluding hydrogens is 635 g/mol. The number of piperidine rings is 2. The summed E-state index contributed by atoms with van der Waals surface area (Å²) in [5.74, 6) is 0.514. The maximum atomic E-state index is 12.8. The molecule has 1 amide bonds. The van der Waals surface area contributed by atoms with Crippen LogP contribution in [0.3, 0.4) is 0 Å². The summed E-state index contributed by atoms with van der Waals surface area (Å²) in [5.41, 5.74) is 8.61. The van der Waals surface area contributed by atoms with Crippen LogP contribution in [0.25, 0.3) is 5.65 Å². The van der Waals surface area contributed by atoms with E-state index in [0.717, 1.165) is 62.5 Å². The summed E-state index contributed by atoms with van der Waals surface area (Å²) in [6.07, 6.45) is 7.24. The molecule has 0 aromatic carbocycles. The number of aliphatic hydroxyl groups is 1. The van der Waals surface area contributed by atoms with Crippen molar-refractivity contribution in [2.75, 3.05) is 37.7 Å². The maximum Gasteiger partial charge on any atom is 0.271 e. The first-order chi connectivity index (χ1) is 19.8. The van der Waals surface area contributed by atoms with Crippen LogP contribution in [0.5, 0.6) is 0 Å². The number of halogens is 3. The normalized spacial score (nSPS) is 21.9. The summed E-state index contributed by atoms with van der Waals surface area (Å²) < 4.78 is 7.62. The van der Waals surface area contributed by atoms with E-state index in [2.05, 4.69) is 20.5 Å². The molecule has 11 nitrogen and oxygen atoms in total. The number of nitrogens with two attached hydrogens (primary N) is 1. The van der Waals surface area contributed by atoms with Gasteiger partial charge >= 0.3 is 0 Å². The van der Waals surface area contributed by atoms with E-state index in [0.29, 0.717) is 39.5 Å². The lowest BCUT2D eigenvalue weighted by molar-refractivity contribution is 0.0925. The van der Waals surface area contributed by atoms with E-state index in [1.165, 1.54) is 11.8 Å². The lowest BCUT2D eigenvalue weighted by Crippen LogP contribution is -2.51. The van der Waals surface area contributed by atoms with Crippen LogP contribution in [-0.4, -0.2) is 81.3 Å². The van der Waals surface area contributed by atoms with Crippen LogP contribution in [-0.2, 0) is 11.3 Å². The molecule has 3 fully saturated rings. The van der Waals surface area contributed by atoms with Crippen molar-refractivity contribution in [2.24, 2.45) is 11.1 Å². The third-order valence-corrected chi connectivity index (χ3v) is 10.4. The van der Waals surface area contributed by atoms with Gasteiger partial charge in [-0.15, -0.1) is 24.8 Å². The molecule has 3 aromatic heterocycles. The number of nitrogens with one attached hydrogen (secondary N) is 2. The zero-order valence-electron chi connectivity index (χ0n) is 24.2. The third kappa shape index (κ3) is 6.72. The van der Waals surface area contributed by atoms with Crippen molar-refractivity contribution in [3.63, 3.8) is 0 Å². The number of ether oxygens (including phenoxy) is 1. The predicted octanol–water partition coefficient (Wildman–Crippen LogP) is 3.39. The Labute approximate surface area is 272 Å². The number of aryl methyl sites for hydroxylation is 1. The highest BCUT2D eigenvalue weighted by molar-refractivity contribution is 7.99. The number of carbonyl (C=O) groups excluding carboxylic acids is 1. The Morgan fingerprint density at radius 3 is 2.63 bits per heavy atom. The van der Waals surface area contributed by atoms with Gasteiger partial charge in [0, 0.05) is 47.9 Å². The first kappa shape index (κ1) is 34.0. The van der Waals surface area contributed by atoms with Gasteiger partial charge in [0.15, 0.2) is 11.5 Å². The van der Waals surface area contributed by atoms with Gasteiger partial charge in [-0.25, -0.2) is 15.0 Å². The summed E-state index contributed by atoms with van der Waals surface area (Å²) >= 11 is 8.16. The summed E-state index contributed by atoms with van der Waals surface area (Å²) in [6.45, 7) is 7.80. The van der Waals surface area contributed by atoms with Gasteiger partial charge in [0.05, 0.1) is 30.0 Å². The second kappa shape index (κ2) is 14.0. The molecule has 0 radical (unpaired) electrons. The quantitative estimate of drug-likeness (QED) is 0.308. The number of pyridine rings is 1. The molecular formula is C28H39Cl3N8O3S. The second-order valence-electron chi connectivity index (χ2n) is 11.4.